The van der Waals surface area contributed by atoms with Gasteiger partial charge in [-0.05, 0) is 151 Å². The predicted octanol–water partition coefficient (Wildman–Crippen LogP) is 7.23. The van der Waals surface area contributed by atoms with Gasteiger partial charge in [0, 0.05) is 86.5 Å². The van der Waals surface area contributed by atoms with Gasteiger partial charge in [0.15, 0.2) is 0 Å². The summed E-state index contributed by atoms with van der Waals surface area (Å²) in [7, 11) is -4.32. The first-order chi connectivity index (χ1) is 51.2. The minimum atomic E-state index is -4.32. The molecule has 0 aliphatic carbocycles. The van der Waals surface area contributed by atoms with E-state index in [4.69, 9.17) is 19.9 Å². The summed E-state index contributed by atoms with van der Waals surface area (Å²) in [6.07, 6.45) is 2.57. The molecule has 5 aromatic carbocycles. The van der Waals surface area contributed by atoms with Crippen molar-refractivity contribution in [2.24, 2.45) is 5.92 Å². The number of aliphatic carboxylic acids is 1. The average molecular weight is 1500 g/mol. The van der Waals surface area contributed by atoms with Crippen molar-refractivity contribution in [2.45, 2.75) is 173 Å². The Labute approximate surface area is 626 Å². The van der Waals surface area contributed by atoms with Crippen LogP contribution in [0, 0.1) is 32.1 Å². The normalized spacial score (nSPS) is 14.9. The largest absolute Gasteiger partial charge is 0.487 e. The van der Waals surface area contributed by atoms with Gasteiger partial charge in [-0.2, -0.15) is 0 Å². The number of ether oxygens (including phenoxy) is 2. The van der Waals surface area contributed by atoms with Crippen molar-refractivity contribution in [3.8, 4) is 28.1 Å². The number of H-pyrrole nitrogens is 2. The number of piperidine rings is 1. The third-order valence-corrected chi connectivity index (χ3v) is 20.9. The first-order valence-corrected chi connectivity index (χ1v) is 37.7. The molecule has 0 spiro atoms. The molecule has 1 saturated heterocycles. The Morgan fingerprint density at radius 3 is 2.09 bits per heavy atom. The highest BCUT2D eigenvalue weighted by atomic mass is 32.2. The number of pyridine rings is 2. The van der Waals surface area contributed by atoms with Crippen molar-refractivity contribution in [2.75, 3.05) is 38.1 Å². The molecule has 6 amide bonds. The number of fused-ring (bicyclic) bond motifs is 3. The molecule has 12 N–H and O–H groups in total. The lowest BCUT2D eigenvalue weighted by molar-refractivity contribution is -0.143. The molecule has 0 saturated carbocycles. The van der Waals surface area contributed by atoms with Crippen molar-refractivity contribution < 1.29 is 56.6 Å². The molecular weight excluding hydrogens is 1400 g/mol. The molecule has 3 aromatic heterocycles. The number of carboxylic acid groups (broad SMARTS) is 1. The summed E-state index contributed by atoms with van der Waals surface area (Å²) in [5.41, 5.74) is 7.88. The van der Waals surface area contributed by atoms with Crippen molar-refractivity contribution in [1.82, 2.24) is 61.0 Å². The van der Waals surface area contributed by atoms with E-state index in [0.717, 1.165) is 33.5 Å². The molecule has 0 bridgehead atoms. The standard InChI is InChI=1S/C79H96N14O14S/c1-45(2)67(74(100)88-62(44-106-78(6,7)8)73(99)87-61(75(101)102)38-49-18-13-11-14-19-49)90-72(98)60(22-17-34-82-76(80)91-108(104,105)70-47(4)46(3)69-57(48(70)5)41-79(9,10)107-69)85-66(96)42-83-64(94)29-30-65(95)84-53-27-28-59-63(39-53)93(77(103)89-59)54-32-36-92(37-33-54)43-50-23-25-52(26-24-50)68-55(51-20-15-12-16-21-51)40-56-58(86-68)31-35-81-71(56)97/h11-16,18-21,23-28,31,35,39-40,45,54,60-62,67H,17,22,29-30,32-34,36-38,41-44H2,1-10H3,(H,81,97)(H,83,94)(H,84,95)(H,85,96)(H,87,99)(H,88,100)(H,89,103)(H,90,98)(H,101,102)(H3,80,82,91)/t60-,61-,62-,67-/m0/s1. The zero-order valence-corrected chi connectivity index (χ0v) is 63.2. The topological polar surface area (TPSA) is 399 Å². The number of rotatable bonds is 30. The van der Waals surface area contributed by atoms with E-state index in [9.17, 15) is 56.7 Å². The smallest absolute Gasteiger partial charge is 0.326 e. The van der Waals surface area contributed by atoms with Crippen LogP contribution in [0.15, 0.2) is 136 Å². The molecule has 29 heteroatoms. The van der Waals surface area contributed by atoms with Gasteiger partial charge in [-0.3, -0.25) is 48.4 Å². The highest BCUT2D eigenvalue weighted by Crippen LogP contribution is 2.44. The Bertz CT molecular complexity index is 4930. The van der Waals surface area contributed by atoms with E-state index >= 15 is 0 Å². The minimum Gasteiger partial charge on any atom is -0.487 e. The van der Waals surface area contributed by atoms with Gasteiger partial charge in [0.05, 0.1) is 51.3 Å². The highest BCUT2D eigenvalue weighted by Gasteiger charge is 2.38. The first kappa shape index (κ1) is 79.5. The first-order valence-electron chi connectivity index (χ1n) is 36.2. The number of sulfonamides is 1. The Balaban J connectivity index is 0.744. The van der Waals surface area contributed by atoms with E-state index in [1.807, 2.05) is 62.4 Å². The fraction of sp³-hybridized carbons (Fsp3) is 0.405. The van der Waals surface area contributed by atoms with Crippen molar-refractivity contribution in [3.63, 3.8) is 0 Å². The quantitative estimate of drug-likeness (QED) is 0.0120. The molecule has 2 aliphatic rings. The van der Waals surface area contributed by atoms with E-state index < -0.39 is 112 Å². The summed E-state index contributed by atoms with van der Waals surface area (Å²) < 4.78 is 44.1. The zero-order chi connectivity index (χ0) is 77.9. The number of nitrogens with one attached hydrogen (secondary N) is 11. The molecule has 10 rings (SSSR count). The van der Waals surface area contributed by atoms with Crippen LogP contribution in [-0.4, -0.2) is 153 Å². The van der Waals surface area contributed by atoms with Gasteiger partial charge < -0.3 is 61.8 Å². The molecule has 2 aliphatic heterocycles. The molecule has 108 heavy (non-hydrogen) atoms. The van der Waals surface area contributed by atoms with Crippen LogP contribution in [0.5, 0.6) is 5.75 Å². The molecule has 0 unspecified atom stereocenters. The van der Waals surface area contributed by atoms with Crippen LogP contribution < -0.4 is 57.9 Å². The average Bonchev–Trinajstić information content (AvgIpc) is 1.53. The number of guanidine groups is 1. The number of nitrogens with zero attached hydrogens (tertiary/aromatic N) is 3. The molecule has 28 nitrogen and oxygen atoms in total. The van der Waals surface area contributed by atoms with Gasteiger partial charge in [-0.15, -0.1) is 0 Å². The lowest BCUT2D eigenvalue weighted by atomic mass is 9.94. The van der Waals surface area contributed by atoms with Crippen LogP contribution in [0.3, 0.4) is 0 Å². The van der Waals surface area contributed by atoms with E-state index in [0.29, 0.717) is 94.5 Å². The monoisotopic (exact) mass is 1500 g/mol. The summed E-state index contributed by atoms with van der Waals surface area (Å²) in [6.45, 7) is 18.4. The molecule has 0 radical (unpaired) electrons. The van der Waals surface area contributed by atoms with E-state index in [1.54, 1.807) is 121 Å². The third kappa shape index (κ3) is 20.2. The van der Waals surface area contributed by atoms with E-state index in [-0.39, 0.29) is 60.8 Å². The number of imidazole rings is 1. The Morgan fingerprint density at radius 2 is 1.42 bits per heavy atom. The second-order valence-electron chi connectivity index (χ2n) is 29.6. The second-order valence-corrected chi connectivity index (χ2v) is 31.2. The van der Waals surface area contributed by atoms with Crippen molar-refractivity contribution >= 4 is 85.0 Å². The zero-order valence-electron chi connectivity index (χ0n) is 62.4. The number of aromatic amines is 2. The Morgan fingerprint density at radius 1 is 0.750 bits per heavy atom. The van der Waals surface area contributed by atoms with Crippen LogP contribution in [0.25, 0.3) is 44.3 Å². The number of likely N-dealkylation sites (tertiary alicyclic amines) is 1. The molecule has 4 atom stereocenters. The summed E-state index contributed by atoms with van der Waals surface area (Å²) >= 11 is 0. The number of hydrogen-bond acceptors (Lipinski definition) is 16. The molecule has 8 aromatic rings. The van der Waals surface area contributed by atoms with E-state index in [1.165, 1.54) is 0 Å². The minimum absolute atomic E-state index is 0.0177. The number of carbonyl (C=O) groups is 7. The number of amides is 6. The fourth-order valence-corrected chi connectivity index (χ4v) is 15.1. The van der Waals surface area contributed by atoms with Crippen LogP contribution >= 0.6 is 0 Å². The fourth-order valence-electron chi connectivity index (χ4n) is 13.6. The SMILES string of the molecule is Cc1c(C)c(S(=O)(=O)NC(=N)NCCC[C@H](NC(=O)CNC(=O)CCC(=O)Nc2ccc3[nH]c(=O)n(C4CCN(Cc5ccc(-c6nc7cc[nH]c(=O)c7cc6-c6ccccc6)cc5)CC4)c3c2)C(=O)N[C@H](C(=O)N[C@@H](COC(C)(C)C)C(=O)N[C@@H](Cc2ccccc2)C(=O)O)C(C)C)c(C)c2c1OC(C)(C)C2. The Kier molecular flexibility index (Phi) is 25.2. The maximum atomic E-state index is 14.5. The summed E-state index contributed by atoms with van der Waals surface area (Å²) in [4.78, 5) is 135. The van der Waals surface area contributed by atoms with Gasteiger partial charge in [-0.1, -0.05) is 98.8 Å². The summed E-state index contributed by atoms with van der Waals surface area (Å²) in [5, 5.41) is 37.7. The number of carboxylic acids is 1. The van der Waals surface area contributed by atoms with Crippen molar-refractivity contribution in [1.29, 1.82) is 5.41 Å². The maximum absolute atomic E-state index is 14.5. The van der Waals surface area contributed by atoms with Crippen LogP contribution in [0.1, 0.15) is 126 Å². The predicted molar refractivity (Wildman–Crippen MR) is 411 cm³/mol. The highest BCUT2D eigenvalue weighted by molar-refractivity contribution is 7.90. The third-order valence-electron chi connectivity index (χ3n) is 19.3. The van der Waals surface area contributed by atoms with Gasteiger partial charge in [0.1, 0.15) is 35.5 Å². The number of anilines is 1. The lowest BCUT2D eigenvalue weighted by Gasteiger charge is -2.32. The van der Waals surface area contributed by atoms with Crippen LogP contribution in [0.4, 0.5) is 5.69 Å². The van der Waals surface area contributed by atoms with Crippen LogP contribution in [-0.2, 0) is 67.7 Å². The second kappa shape index (κ2) is 34.2. The lowest BCUT2D eigenvalue weighted by Crippen LogP contribution is -2.60. The van der Waals surface area contributed by atoms with Gasteiger partial charge in [-0.25, -0.2) is 27.7 Å². The number of benzene rings is 5. The summed E-state index contributed by atoms with van der Waals surface area (Å²) in [5.74, 6) is -6.55. The van der Waals surface area contributed by atoms with Gasteiger partial charge in [0.2, 0.25) is 41.4 Å². The number of hydrogen-bond donors (Lipinski definition) is 12. The molecular formula is C79H96N14O14S. The number of aromatic nitrogens is 4. The van der Waals surface area contributed by atoms with Crippen LogP contribution in [0.2, 0.25) is 0 Å². The molecule has 1 fully saturated rings. The van der Waals surface area contributed by atoms with Crippen molar-refractivity contribution in [3.05, 3.63) is 176 Å². The van der Waals surface area contributed by atoms with Gasteiger partial charge in [0.25, 0.3) is 15.6 Å². The number of carbonyl (C=O) groups excluding carboxylic acids is 6. The van der Waals surface area contributed by atoms with Gasteiger partial charge >= 0.3 is 11.7 Å². The maximum Gasteiger partial charge on any atom is 0.326 e. The molecule has 572 valence electrons. The Hall–Kier alpha value is -11.0. The summed E-state index contributed by atoms with van der Waals surface area (Å²) in [6, 6.07) is 29.7. The molecule has 5 heterocycles. The van der Waals surface area contributed by atoms with E-state index in [2.05, 4.69) is 68.9 Å².